The average Bonchev–Trinajstić information content (AvgIpc) is 3.04. The first-order valence-electron chi connectivity index (χ1n) is 9.39. The summed E-state index contributed by atoms with van der Waals surface area (Å²) in [6.07, 6.45) is 4.90. The molecule has 3 aliphatic rings. The van der Waals surface area contributed by atoms with Crippen molar-refractivity contribution in [1.29, 1.82) is 0 Å². The van der Waals surface area contributed by atoms with Crippen molar-refractivity contribution in [3.63, 3.8) is 0 Å². The van der Waals surface area contributed by atoms with Crippen LogP contribution < -0.4 is 9.62 Å². The van der Waals surface area contributed by atoms with E-state index in [9.17, 15) is 12.8 Å². The number of hydrogen-bond donors (Lipinski definition) is 1. The summed E-state index contributed by atoms with van der Waals surface area (Å²) in [5, 5.41) is 0. The first-order valence-corrected chi connectivity index (χ1v) is 10.9. The topological polar surface area (TPSA) is 80.8 Å². The Morgan fingerprint density at radius 1 is 1.30 bits per heavy atom. The minimum Gasteiger partial charge on any atom is -0.381 e. The third-order valence-electron chi connectivity index (χ3n) is 6.15. The molecule has 1 aromatic heterocycles. The smallest absolute Gasteiger partial charge is 0.242 e. The predicted molar refractivity (Wildman–Crippen MR) is 98.0 cm³/mol. The molecule has 0 amide bonds. The molecule has 1 spiro atoms. The normalized spacial score (nSPS) is 28.4. The number of methoxy groups -OCH3 is 1. The van der Waals surface area contributed by atoms with Gasteiger partial charge in [0.25, 0.3) is 0 Å². The van der Waals surface area contributed by atoms with Crippen LogP contribution in [0.5, 0.6) is 0 Å². The molecular weight excluding hydrogens is 373 g/mol. The Labute approximate surface area is 159 Å². The maximum atomic E-state index is 13.6. The highest BCUT2D eigenvalue weighted by atomic mass is 32.2. The second-order valence-corrected chi connectivity index (χ2v) is 9.60. The maximum Gasteiger partial charge on any atom is 0.242 e. The fourth-order valence-electron chi connectivity index (χ4n) is 4.31. The summed E-state index contributed by atoms with van der Waals surface area (Å²) in [6.45, 7) is 1.80. The first-order chi connectivity index (χ1) is 12.9. The van der Waals surface area contributed by atoms with Crippen molar-refractivity contribution in [3.8, 4) is 0 Å². The summed E-state index contributed by atoms with van der Waals surface area (Å²) in [5.74, 6) is 0.777. The molecule has 2 aliphatic heterocycles. The van der Waals surface area contributed by atoms with Gasteiger partial charge in [-0.2, -0.15) is 0 Å². The van der Waals surface area contributed by atoms with Gasteiger partial charge < -0.3 is 14.4 Å². The summed E-state index contributed by atoms with van der Waals surface area (Å²) in [6, 6.07) is 2.41. The molecule has 1 aromatic rings. The zero-order valence-electron chi connectivity index (χ0n) is 15.4. The number of alkyl halides is 1. The molecule has 150 valence electrons. The van der Waals surface area contributed by atoms with Crippen LogP contribution in [0.1, 0.15) is 25.7 Å². The van der Waals surface area contributed by atoms with Crippen LogP contribution in [0.3, 0.4) is 0 Å². The Kier molecular flexibility index (Phi) is 5.13. The van der Waals surface area contributed by atoms with Gasteiger partial charge in [-0.1, -0.05) is 0 Å². The van der Waals surface area contributed by atoms with Gasteiger partial charge in [0.05, 0.1) is 25.4 Å². The lowest BCUT2D eigenvalue weighted by Crippen LogP contribution is -2.49. The standard InChI is InChI=1S/C18H26FN3O4S/c1-25-13-8-18(9-13)4-6-22(7-5-18)17-3-2-14(10-20-17)27(23,24)21-16-12-26-11-15(16)19/h2-3,10,13,15-16,21H,4-9,11-12H2,1H3/t15-,16+/m0/s1. The van der Waals surface area contributed by atoms with Gasteiger partial charge >= 0.3 is 0 Å². The van der Waals surface area contributed by atoms with E-state index in [-0.39, 0.29) is 18.1 Å². The van der Waals surface area contributed by atoms with Gasteiger partial charge in [-0.15, -0.1) is 0 Å². The molecule has 2 saturated heterocycles. The molecule has 27 heavy (non-hydrogen) atoms. The van der Waals surface area contributed by atoms with E-state index in [1.54, 1.807) is 13.2 Å². The summed E-state index contributed by atoms with van der Waals surface area (Å²) < 4.78 is 51.2. The molecule has 3 fully saturated rings. The Hall–Kier alpha value is -1.29. The van der Waals surface area contributed by atoms with Gasteiger partial charge in [0.15, 0.2) is 0 Å². The van der Waals surface area contributed by atoms with E-state index < -0.39 is 22.2 Å². The molecule has 4 rings (SSSR count). The van der Waals surface area contributed by atoms with Crippen molar-refractivity contribution in [2.45, 2.75) is 48.9 Å². The van der Waals surface area contributed by atoms with Crippen molar-refractivity contribution in [2.24, 2.45) is 5.41 Å². The van der Waals surface area contributed by atoms with E-state index in [2.05, 4.69) is 14.6 Å². The van der Waals surface area contributed by atoms with Crippen molar-refractivity contribution in [1.82, 2.24) is 9.71 Å². The monoisotopic (exact) mass is 399 g/mol. The molecular formula is C18H26FN3O4S. The molecule has 9 heteroatoms. The highest BCUT2D eigenvalue weighted by Crippen LogP contribution is 2.50. The number of halogens is 1. The number of aromatic nitrogens is 1. The van der Waals surface area contributed by atoms with Crippen LogP contribution in [-0.2, 0) is 19.5 Å². The van der Waals surface area contributed by atoms with Gasteiger partial charge in [0, 0.05) is 26.4 Å². The van der Waals surface area contributed by atoms with Crippen molar-refractivity contribution in [3.05, 3.63) is 18.3 Å². The van der Waals surface area contributed by atoms with E-state index in [0.717, 1.165) is 44.6 Å². The van der Waals surface area contributed by atoms with Crippen LogP contribution in [0.15, 0.2) is 23.2 Å². The van der Waals surface area contributed by atoms with Crippen LogP contribution in [-0.4, -0.2) is 65.1 Å². The number of pyridine rings is 1. The maximum absolute atomic E-state index is 13.6. The number of anilines is 1. The molecule has 0 aromatic carbocycles. The minimum atomic E-state index is -3.81. The van der Waals surface area contributed by atoms with E-state index in [0.29, 0.717) is 11.5 Å². The van der Waals surface area contributed by atoms with Crippen molar-refractivity contribution < 1.29 is 22.3 Å². The number of ether oxygens (including phenoxy) is 2. The second kappa shape index (κ2) is 7.27. The SMILES string of the molecule is COC1CC2(CCN(c3ccc(S(=O)(=O)N[C@@H]4COC[C@@H]4F)cn3)CC2)C1. The van der Waals surface area contributed by atoms with Crippen LogP contribution in [0.4, 0.5) is 10.2 Å². The van der Waals surface area contributed by atoms with E-state index in [4.69, 9.17) is 9.47 Å². The van der Waals surface area contributed by atoms with Gasteiger partial charge in [0.2, 0.25) is 10.0 Å². The molecule has 3 heterocycles. The lowest BCUT2D eigenvalue weighted by molar-refractivity contribution is -0.0708. The van der Waals surface area contributed by atoms with Gasteiger partial charge in [-0.25, -0.2) is 22.5 Å². The fraction of sp³-hybridized carbons (Fsp3) is 0.722. The molecule has 2 atom stereocenters. The first kappa shape index (κ1) is 19.0. The number of sulfonamides is 1. The highest BCUT2D eigenvalue weighted by Gasteiger charge is 2.46. The van der Waals surface area contributed by atoms with Crippen molar-refractivity contribution >= 4 is 15.8 Å². The van der Waals surface area contributed by atoms with Crippen LogP contribution in [0.25, 0.3) is 0 Å². The lowest BCUT2D eigenvalue weighted by atomic mass is 9.61. The van der Waals surface area contributed by atoms with E-state index in [1.165, 1.54) is 12.3 Å². The highest BCUT2D eigenvalue weighted by molar-refractivity contribution is 7.89. The number of piperidine rings is 1. The Balaban J connectivity index is 1.36. The Morgan fingerprint density at radius 2 is 2.04 bits per heavy atom. The second-order valence-electron chi connectivity index (χ2n) is 7.89. The van der Waals surface area contributed by atoms with E-state index in [1.807, 2.05) is 0 Å². The number of nitrogens with zero attached hydrogens (tertiary/aromatic N) is 2. The van der Waals surface area contributed by atoms with Crippen LogP contribution >= 0.6 is 0 Å². The molecule has 1 N–H and O–H groups in total. The van der Waals surface area contributed by atoms with Gasteiger partial charge in [0.1, 0.15) is 16.9 Å². The van der Waals surface area contributed by atoms with E-state index >= 15 is 0 Å². The minimum absolute atomic E-state index is 0.0424. The fourth-order valence-corrected chi connectivity index (χ4v) is 5.50. The third kappa shape index (κ3) is 3.83. The zero-order chi connectivity index (χ0) is 19.1. The average molecular weight is 399 g/mol. The predicted octanol–water partition coefficient (Wildman–Crippen LogP) is 1.49. The largest absolute Gasteiger partial charge is 0.381 e. The Morgan fingerprint density at radius 3 is 2.59 bits per heavy atom. The molecule has 7 nitrogen and oxygen atoms in total. The number of hydrogen-bond acceptors (Lipinski definition) is 6. The van der Waals surface area contributed by atoms with Gasteiger partial charge in [-0.05, 0) is 43.2 Å². The van der Waals surface area contributed by atoms with Crippen LogP contribution in [0.2, 0.25) is 0 Å². The van der Waals surface area contributed by atoms with Crippen molar-refractivity contribution in [2.75, 3.05) is 38.3 Å². The van der Waals surface area contributed by atoms with Crippen LogP contribution in [0, 0.1) is 5.41 Å². The zero-order valence-corrected chi connectivity index (χ0v) is 16.3. The molecule has 1 saturated carbocycles. The molecule has 0 radical (unpaired) electrons. The summed E-state index contributed by atoms with van der Waals surface area (Å²) in [7, 11) is -2.04. The third-order valence-corrected chi connectivity index (χ3v) is 7.63. The Bertz CT molecular complexity index is 757. The lowest BCUT2D eigenvalue weighted by Gasteiger charge is -2.51. The quantitative estimate of drug-likeness (QED) is 0.808. The summed E-state index contributed by atoms with van der Waals surface area (Å²) in [5.41, 5.74) is 0.413. The van der Waals surface area contributed by atoms with Gasteiger partial charge in [-0.3, -0.25) is 0 Å². The summed E-state index contributed by atoms with van der Waals surface area (Å²) in [4.78, 5) is 6.58. The molecule has 0 unspecified atom stereocenters. The number of nitrogens with one attached hydrogen (secondary N) is 1. The molecule has 1 aliphatic carbocycles. The number of rotatable bonds is 5. The molecule has 0 bridgehead atoms. The summed E-state index contributed by atoms with van der Waals surface area (Å²) >= 11 is 0.